The minimum atomic E-state index is -3.71. The SMILES string of the molecule is COc1cccc(S(=O)(=O)c2ccc(C(N)=O)nc2)c1. The van der Waals surface area contributed by atoms with E-state index in [0.717, 1.165) is 6.20 Å². The Morgan fingerprint density at radius 2 is 1.95 bits per heavy atom. The highest BCUT2D eigenvalue weighted by atomic mass is 32.2. The second kappa shape index (κ2) is 5.30. The van der Waals surface area contributed by atoms with Gasteiger partial charge < -0.3 is 10.5 Å². The first kappa shape index (κ1) is 14.0. The van der Waals surface area contributed by atoms with E-state index in [4.69, 9.17) is 10.5 Å². The van der Waals surface area contributed by atoms with Gasteiger partial charge in [-0.1, -0.05) is 6.07 Å². The lowest BCUT2D eigenvalue weighted by atomic mass is 10.3. The molecule has 0 aliphatic heterocycles. The molecule has 0 radical (unpaired) electrons. The van der Waals surface area contributed by atoms with Crippen LogP contribution in [0, 0.1) is 0 Å². The molecule has 0 aliphatic carbocycles. The average Bonchev–Trinajstić information content (AvgIpc) is 2.47. The Morgan fingerprint density at radius 3 is 2.50 bits per heavy atom. The third-order valence-electron chi connectivity index (χ3n) is 2.65. The van der Waals surface area contributed by atoms with Crippen molar-refractivity contribution in [2.75, 3.05) is 7.11 Å². The zero-order valence-electron chi connectivity index (χ0n) is 10.6. The number of hydrogen-bond donors (Lipinski definition) is 1. The van der Waals surface area contributed by atoms with Gasteiger partial charge in [0.15, 0.2) is 0 Å². The van der Waals surface area contributed by atoms with Crippen LogP contribution in [0.25, 0.3) is 0 Å². The summed E-state index contributed by atoms with van der Waals surface area (Å²) < 4.78 is 29.7. The summed E-state index contributed by atoms with van der Waals surface area (Å²) in [6, 6.07) is 8.67. The Kier molecular flexibility index (Phi) is 3.71. The molecule has 0 saturated carbocycles. The Hall–Kier alpha value is -2.41. The lowest BCUT2D eigenvalue weighted by molar-refractivity contribution is 0.0995. The van der Waals surface area contributed by atoms with Gasteiger partial charge >= 0.3 is 0 Å². The number of nitrogens with two attached hydrogens (primary N) is 1. The lowest BCUT2D eigenvalue weighted by Gasteiger charge is -2.06. The smallest absolute Gasteiger partial charge is 0.267 e. The maximum Gasteiger partial charge on any atom is 0.267 e. The van der Waals surface area contributed by atoms with E-state index < -0.39 is 15.7 Å². The zero-order chi connectivity index (χ0) is 14.8. The van der Waals surface area contributed by atoms with E-state index in [1.54, 1.807) is 12.1 Å². The summed E-state index contributed by atoms with van der Waals surface area (Å²) in [6.07, 6.45) is 1.11. The summed E-state index contributed by atoms with van der Waals surface area (Å²) in [7, 11) is -2.26. The first-order valence-corrected chi connectivity index (χ1v) is 7.08. The maximum atomic E-state index is 12.4. The summed E-state index contributed by atoms with van der Waals surface area (Å²) in [5.74, 6) is -0.275. The van der Waals surface area contributed by atoms with Crippen molar-refractivity contribution in [2.45, 2.75) is 9.79 Å². The zero-order valence-corrected chi connectivity index (χ0v) is 11.4. The third kappa shape index (κ3) is 2.62. The molecule has 0 aliphatic rings. The fourth-order valence-electron chi connectivity index (χ4n) is 1.59. The second-order valence-electron chi connectivity index (χ2n) is 3.93. The molecule has 0 bridgehead atoms. The van der Waals surface area contributed by atoms with Crippen molar-refractivity contribution in [3.05, 3.63) is 48.3 Å². The molecule has 2 N–H and O–H groups in total. The van der Waals surface area contributed by atoms with Crippen LogP contribution in [-0.2, 0) is 9.84 Å². The number of nitrogens with zero attached hydrogens (tertiary/aromatic N) is 1. The topological polar surface area (TPSA) is 99.4 Å². The predicted octanol–water partition coefficient (Wildman–Crippen LogP) is 1.02. The molecule has 0 unspecified atom stereocenters. The van der Waals surface area contributed by atoms with Crippen LogP contribution in [0.5, 0.6) is 5.75 Å². The van der Waals surface area contributed by atoms with Crippen molar-refractivity contribution in [1.82, 2.24) is 4.98 Å². The van der Waals surface area contributed by atoms with E-state index in [1.807, 2.05) is 0 Å². The number of carbonyl (C=O) groups excluding carboxylic acids is 1. The number of sulfone groups is 1. The molecule has 0 fully saturated rings. The average molecular weight is 292 g/mol. The fraction of sp³-hybridized carbons (Fsp3) is 0.0769. The third-order valence-corrected chi connectivity index (χ3v) is 4.39. The summed E-state index contributed by atoms with van der Waals surface area (Å²) >= 11 is 0. The number of amides is 1. The first-order chi connectivity index (χ1) is 9.45. The molecule has 0 atom stereocenters. The standard InChI is InChI=1S/C13H12N2O4S/c1-19-9-3-2-4-10(7-9)20(17,18)11-5-6-12(13(14)16)15-8-11/h2-8H,1H3,(H2,14,16). The predicted molar refractivity (Wildman–Crippen MR) is 71.2 cm³/mol. The number of carbonyl (C=O) groups is 1. The Bertz CT molecular complexity index is 739. The highest BCUT2D eigenvalue weighted by Crippen LogP contribution is 2.23. The molecular formula is C13H12N2O4S. The molecule has 1 aromatic carbocycles. The van der Waals surface area contributed by atoms with Crippen LogP contribution in [0.3, 0.4) is 0 Å². The quantitative estimate of drug-likeness (QED) is 0.907. The molecule has 1 amide bonds. The van der Waals surface area contributed by atoms with Gasteiger partial charge in [-0.3, -0.25) is 4.79 Å². The van der Waals surface area contributed by atoms with Crippen LogP contribution in [0.1, 0.15) is 10.5 Å². The van der Waals surface area contributed by atoms with Gasteiger partial charge in [-0.25, -0.2) is 13.4 Å². The van der Waals surface area contributed by atoms with Gasteiger partial charge in [0, 0.05) is 6.20 Å². The number of primary amides is 1. The van der Waals surface area contributed by atoms with Gasteiger partial charge in [-0.2, -0.15) is 0 Å². The Labute approximate surface area is 116 Å². The van der Waals surface area contributed by atoms with Gasteiger partial charge in [-0.05, 0) is 30.3 Å². The van der Waals surface area contributed by atoms with Crippen molar-refractivity contribution in [3.63, 3.8) is 0 Å². The minimum Gasteiger partial charge on any atom is -0.497 e. The molecule has 0 spiro atoms. The summed E-state index contributed by atoms with van der Waals surface area (Å²) in [5.41, 5.74) is 5.06. The number of ether oxygens (including phenoxy) is 1. The Morgan fingerprint density at radius 1 is 1.20 bits per heavy atom. The molecule has 7 heteroatoms. The Balaban J connectivity index is 2.46. The van der Waals surface area contributed by atoms with Crippen molar-refractivity contribution < 1.29 is 17.9 Å². The van der Waals surface area contributed by atoms with E-state index in [9.17, 15) is 13.2 Å². The molecule has 104 valence electrons. The van der Waals surface area contributed by atoms with E-state index in [1.165, 1.54) is 31.4 Å². The summed E-state index contributed by atoms with van der Waals surface area (Å²) in [6.45, 7) is 0. The van der Waals surface area contributed by atoms with E-state index in [2.05, 4.69) is 4.98 Å². The van der Waals surface area contributed by atoms with Crippen molar-refractivity contribution in [1.29, 1.82) is 0 Å². The van der Waals surface area contributed by atoms with Gasteiger partial charge in [0.25, 0.3) is 5.91 Å². The molecule has 1 aromatic heterocycles. The molecule has 1 heterocycles. The molecule has 2 aromatic rings. The fourth-order valence-corrected chi connectivity index (χ4v) is 2.83. The highest BCUT2D eigenvalue weighted by Gasteiger charge is 2.19. The van der Waals surface area contributed by atoms with Crippen LogP contribution < -0.4 is 10.5 Å². The van der Waals surface area contributed by atoms with Crippen LogP contribution in [0.15, 0.2) is 52.4 Å². The highest BCUT2D eigenvalue weighted by molar-refractivity contribution is 7.91. The number of hydrogen-bond acceptors (Lipinski definition) is 5. The van der Waals surface area contributed by atoms with Gasteiger partial charge in [0.1, 0.15) is 11.4 Å². The molecule has 6 nitrogen and oxygen atoms in total. The van der Waals surface area contributed by atoms with E-state index in [-0.39, 0.29) is 15.5 Å². The van der Waals surface area contributed by atoms with Crippen LogP contribution in [0.4, 0.5) is 0 Å². The van der Waals surface area contributed by atoms with Crippen molar-refractivity contribution >= 4 is 15.7 Å². The molecule has 2 rings (SSSR count). The van der Waals surface area contributed by atoms with Crippen LogP contribution >= 0.6 is 0 Å². The number of pyridine rings is 1. The van der Waals surface area contributed by atoms with Crippen molar-refractivity contribution in [2.24, 2.45) is 5.73 Å². The van der Waals surface area contributed by atoms with Crippen LogP contribution in [-0.4, -0.2) is 26.4 Å². The van der Waals surface area contributed by atoms with Gasteiger partial charge in [0.2, 0.25) is 9.84 Å². The molecule has 0 saturated heterocycles. The van der Waals surface area contributed by atoms with E-state index >= 15 is 0 Å². The van der Waals surface area contributed by atoms with Crippen LogP contribution in [0.2, 0.25) is 0 Å². The normalized spacial score (nSPS) is 11.1. The van der Waals surface area contributed by atoms with Crippen molar-refractivity contribution in [3.8, 4) is 5.75 Å². The molecular weight excluding hydrogens is 280 g/mol. The van der Waals surface area contributed by atoms with Gasteiger partial charge in [0.05, 0.1) is 16.9 Å². The first-order valence-electron chi connectivity index (χ1n) is 5.60. The number of aromatic nitrogens is 1. The summed E-state index contributed by atoms with van der Waals surface area (Å²) in [4.78, 5) is 14.7. The maximum absolute atomic E-state index is 12.4. The van der Waals surface area contributed by atoms with E-state index in [0.29, 0.717) is 5.75 Å². The second-order valence-corrected chi connectivity index (χ2v) is 5.88. The number of rotatable bonds is 4. The summed E-state index contributed by atoms with van der Waals surface area (Å²) in [5, 5.41) is 0. The number of benzene rings is 1. The van der Waals surface area contributed by atoms with Gasteiger partial charge in [-0.15, -0.1) is 0 Å². The number of methoxy groups -OCH3 is 1. The lowest BCUT2D eigenvalue weighted by Crippen LogP contribution is -2.13. The molecule has 20 heavy (non-hydrogen) atoms. The minimum absolute atomic E-state index is 0.00888. The largest absolute Gasteiger partial charge is 0.497 e. The monoisotopic (exact) mass is 292 g/mol.